The molecule has 9 nitrogen and oxygen atoms in total. The number of nitrogens with zero attached hydrogens (tertiary/aromatic N) is 4. The molecule has 4 N–H and O–H groups in total. The Morgan fingerprint density at radius 3 is 2.36 bits per heavy atom. The van der Waals surface area contributed by atoms with Crippen molar-refractivity contribution < 1.29 is 9.59 Å². The molecule has 0 saturated carbocycles. The maximum Gasteiger partial charge on any atom is 0.275 e. The number of benzene rings is 1. The number of guanidine groups is 1. The van der Waals surface area contributed by atoms with Crippen LogP contribution in [0.2, 0.25) is 0 Å². The van der Waals surface area contributed by atoms with Gasteiger partial charge in [0, 0.05) is 10.5 Å². The highest BCUT2D eigenvalue weighted by atomic mass is 32.2. The molecule has 2 aliphatic heterocycles. The largest absolute Gasteiger partial charge is 0.320 e. The molecule has 2 heterocycles. The number of hydrazone groups is 1. The Bertz CT molecular complexity index is 1330. The number of rotatable bonds is 11. The second kappa shape index (κ2) is 14.6. The molecular weight excluding hydrogens is 582 g/mol. The van der Waals surface area contributed by atoms with Gasteiger partial charge in [0.05, 0.1) is 11.3 Å². The minimum absolute atomic E-state index is 0.0516. The van der Waals surface area contributed by atoms with Gasteiger partial charge in [0.25, 0.3) is 11.9 Å². The average molecular weight is 638 g/mol. The third-order valence-corrected chi connectivity index (χ3v) is 10.5. The zero-order valence-electron chi connectivity index (χ0n) is 29.1. The fourth-order valence-electron chi connectivity index (χ4n) is 6.67. The summed E-state index contributed by atoms with van der Waals surface area (Å²) in [6, 6.07) is 6.00. The van der Waals surface area contributed by atoms with E-state index in [1.807, 2.05) is 4.90 Å². The van der Waals surface area contributed by atoms with Crippen molar-refractivity contribution in [3.63, 3.8) is 0 Å². The molecule has 0 bridgehead atoms. The van der Waals surface area contributed by atoms with Crippen molar-refractivity contribution in [2.45, 2.75) is 131 Å². The number of hydrogen-bond acceptors (Lipinski definition) is 7. The van der Waals surface area contributed by atoms with Gasteiger partial charge < -0.3 is 10.7 Å². The Labute approximate surface area is 274 Å². The number of thioether (sulfide) groups is 1. The first-order valence-electron chi connectivity index (χ1n) is 16.3. The molecular formula is C35H55N7O2S. The summed E-state index contributed by atoms with van der Waals surface area (Å²) in [5, 5.41) is 8.65. The Morgan fingerprint density at radius 2 is 1.82 bits per heavy atom. The van der Waals surface area contributed by atoms with Crippen LogP contribution >= 0.6 is 11.8 Å². The van der Waals surface area contributed by atoms with E-state index in [2.05, 4.69) is 109 Å². The van der Waals surface area contributed by atoms with Gasteiger partial charge in [0.1, 0.15) is 11.4 Å². The normalized spacial score (nSPS) is 22.3. The maximum absolute atomic E-state index is 14.6. The van der Waals surface area contributed by atoms with Crippen LogP contribution in [0.1, 0.15) is 117 Å². The molecule has 4 unspecified atom stereocenters. The van der Waals surface area contributed by atoms with Crippen LogP contribution in [0.4, 0.5) is 0 Å². The topological polar surface area (TPSA) is 136 Å². The van der Waals surface area contributed by atoms with Crippen LogP contribution in [0.25, 0.3) is 0 Å². The number of nitrogens with one attached hydrogen (secondary N) is 2. The summed E-state index contributed by atoms with van der Waals surface area (Å²) in [6.45, 7) is 22.1. The van der Waals surface area contributed by atoms with Crippen molar-refractivity contribution >= 4 is 35.2 Å². The molecule has 0 aliphatic carbocycles. The molecule has 45 heavy (non-hydrogen) atoms. The van der Waals surface area contributed by atoms with Crippen molar-refractivity contribution in [3.8, 4) is 0 Å². The Hall–Kier alpha value is -3.01. The molecule has 2 amide bonds. The SMILES string of the molecule is CCC(CCCC1(C)N=C(c2cc(C)cc(C)c2)C(=O)N1C(CCC(C)(C)C)C1=CCC(C(=O)N/C(N=N)=N/N)S1)C(C)(C)C. The van der Waals surface area contributed by atoms with Crippen LogP contribution in [0.3, 0.4) is 0 Å². The minimum atomic E-state index is -0.728. The third-order valence-electron chi connectivity index (χ3n) is 9.08. The van der Waals surface area contributed by atoms with E-state index >= 15 is 0 Å². The van der Waals surface area contributed by atoms with Crippen LogP contribution < -0.4 is 11.2 Å². The quantitative estimate of drug-likeness (QED) is 0.0748. The van der Waals surface area contributed by atoms with Gasteiger partial charge in [-0.2, -0.15) is 0 Å². The van der Waals surface area contributed by atoms with E-state index in [-0.39, 0.29) is 34.6 Å². The summed E-state index contributed by atoms with van der Waals surface area (Å²) >= 11 is 1.47. The average Bonchev–Trinajstić information content (AvgIpc) is 3.52. The second-order valence-electron chi connectivity index (χ2n) is 15.2. The van der Waals surface area contributed by atoms with Gasteiger partial charge in [-0.15, -0.1) is 22.0 Å². The van der Waals surface area contributed by atoms with Gasteiger partial charge in [0.2, 0.25) is 5.91 Å². The fourth-order valence-corrected chi connectivity index (χ4v) is 7.93. The smallest absolute Gasteiger partial charge is 0.275 e. The van der Waals surface area contributed by atoms with Crippen LogP contribution in [0.5, 0.6) is 0 Å². The molecule has 1 aromatic carbocycles. The van der Waals surface area contributed by atoms with Gasteiger partial charge in [-0.1, -0.05) is 78.2 Å². The van der Waals surface area contributed by atoms with E-state index < -0.39 is 10.9 Å². The third kappa shape index (κ3) is 9.27. The molecule has 0 aromatic heterocycles. The molecule has 3 rings (SSSR count). The number of nitrogens with two attached hydrogens (primary N) is 1. The van der Waals surface area contributed by atoms with Gasteiger partial charge in [-0.05, 0) is 88.2 Å². The van der Waals surface area contributed by atoms with Crippen molar-refractivity contribution in [2.75, 3.05) is 0 Å². The van der Waals surface area contributed by atoms with Gasteiger partial charge in [0.15, 0.2) is 0 Å². The first-order valence-corrected chi connectivity index (χ1v) is 17.2. The van der Waals surface area contributed by atoms with Crippen LogP contribution in [-0.2, 0) is 9.59 Å². The number of carbonyl (C=O) groups excluding carboxylic acids is 2. The maximum atomic E-state index is 14.6. The highest BCUT2D eigenvalue weighted by Crippen LogP contribution is 2.45. The minimum Gasteiger partial charge on any atom is -0.320 e. The highest BCUT2D eigenvalue weighted by Gasteiger charge is 2.49. The number of amides is 2. The predicted molar refractivity (Wildman–Crippen MR) is 186 cm³/mol. The Kier molecular flexibility index (Phi) is 11.8. The van der Waals surface area contributed by atoms with Crippen LogP contribution in [0.15, 0.2) is 44.4 Å². The Morgan fingerprint density at radius 1 is 1.18 bits per heavy atom. The molecule has 248 valence electrons. The van der Waals surface area contributed by atoms with E-state index in [9.17, 15) is 9.59 Å². The summed E-state index contributed by atoms with van der Waals surface area (Å²) < 4.78 is 0. The highest BCUT2D eigenvalue weighted by molar-refractivity contribution is 8.04. The monoisotopic (exact) mass is 637 g/mol. The number of aryl methyl sites for hydroxylation is 2. The zero-order valence-corrected chi connectivity index (χ0v) is 29.9. The fraction of sp³-hybridized carbons (Fsp3) is 0.657. The first kappa shape index (κ1) is 36.5. The molecule has 0 spiro atoms. The van der Waals surface area contributed by atoms with Crippen molar-refractivity contribution in [1.82, 2.24) is 10.2 Å². The molecule has 10 heteroatoms. The van der Waals surface area contributed by atoms with Crippen molar-refractivity contribution in [1.29, 1.82) is 5.53 Å². The van der Waals surface area contributed by atoms with E-state index in [0.717, 1.165) is 60.1 Å². The number of carbonyl (C=O) groups is 2. The number of hydrogen-bond donors (Lipinski definition) is 3. The van der Waals surface area contributed by atoms with E-state index in [1.54, 1.807) is 0 Å². The molecule has 4 atom stereocenters. The van der Waals surface area contributed by atoms with Gasteiger partial charge >= 0.3 is 0 Å². The molecule has 1 aromatic rings. The Balaban J connectivity index is 2.02. The summed E-state index contributed by atoms with van der Waals surface area (Å²) in [5.41, 5.74) is 10.3. The summed E-state index contributed by atoms with van der Waals surface area (Å²) in [6.07, 6.45) is 8.15. The molecule has 0 radical (unpaired) electrons. The summed E-state index contributed by atoms with van der Waals surface area (Å²) in [7, 11) is 0. The van der Waals surface area contributed by atoms with Crippen molar-refractivity contribution in [2.24, 2.45) is 37.8 Å². The molecule has 0 saturated heterocycles. The summed E-state index contributed by atoms with van der Waals surface area (Å²) in [5.74, 6) is 5.26. The lowest BCUT2D eigenvalue weighted by Gasteiger charge is -2.41. The van der Waals surface area contributed by atoms with E-state index in [0.29, 0.717) is 18.1 Å². The predicted octanol–water partition coefficient (Wildman–Crippen LogP) is 7.85. The number of allylic oxidation sites excluding steroid dienone is 1. The van der Waals surface area contributed by atoms with Gasteiger partial charge in [-0.25, -0.2) is 5.53 Å². The lowest BCUT2D eigenvalue weighted by Crippen LogP contribution is -2.51. The second-order valence-corrected chi connectivity index (χ2v) is 16.5. The lowest BCUT2D eigenvalue weighted by atomic mass is 9.76. The first-order chi connectivity index (χ1) is 20.9. The van der Waals surface area contributed by atoms with Gasteiger partial charge in [-0.3, -0.25) is 19.9 Å². The van der Waals surface area contributed by atoms with Crippen LogP contribution in [-0.4, -0.2) is 45.3 Å². The number of aliphatic imine (C=N–C) groups is 1. The lowest BCUT2D eigenvalue weighted by molar-refractivity contribution is -0.129. The molecule has 0 fully saturated rings. The van der Waals surface area contributed by atoms with Crippen LogP contribution in [0, 0.1) is 36.1 Å². The zero-order chi connectivity index (χ0) is 33.7. The summed E-state index contributed by atoms with van der Waals surface area (Å²) in [4.78, 5) is 36.0. The van der Waals surface area contributed by atoms with Crippen molar-refractivity contribution in [3.05, 3.63) is 45.9 Å². The van der Waals surface area contributed by atoms with E-state index in [1.165, 1.54) is 11.8 Å². The van der Waals surface area contributed by atoms with E-state index in [4.69, 9.17) is 16.4 Å². The molecule has 2 aliphatic rings. The standard InChI is InChI=1S/C35H55N7O2S/c1-11-25(34(7,8)9)13-12-17-35(10)39-29(24-20-22(2)19-23(3)21-24)31(44)42(35)26(16-18-33(4,5)6)27-14-15-28(45-27)30(43)38-32(40-36)41-37/h14,19-21,25-26,28,36H,11-13,15-18,37H2,1-10H3,(H,38,41,43).